The fourth-order valence-corrected chi connectivity index (χ4v) is 3.08. The van der Waals surface area contributed by atoms with E-state index in [1.807, 2.05) is 4.90 Å². The molecule has 1 aliphatic heterocycles. The quantitative estimate of drug-likeness (QED) is 0.783. The number of rotatable bonds is 1. The third-order valence-corrected chi connectivity index (χ3v) is 4.03. The monoisotopic (exact) mass is 232 g/mol. The number of aliphatic hydroxyl groups is 1. The van der Waals surface area contributed by atoms with Crippen LogP contribution in [-0.2, 0) is 0 Å². The fourth-order valence-electron chi connectivity index (χ4n) is 3.08. The van der Waals surface area contributed by atoms with E-state index in [4.69, 9.17) is 0 Å². The van der Waals surface area contributed by atoms with E-state index in [9.17, 15) is 9.90 Å². The van der Waals surface area contributed by atoms with E-state index >= 15 is 0 Å². The molecule has 1 amide bonds. The van der Waals surface area contributed by atoms with Crippen LogP contribution in [0.1, 0.15) is 23.2 Å². The predicted octanol–water partition coefficient (Wildman–Crippen LogP) is 0.924. The molecule has 0 bridgehead atoms. The van der Waals surface area contributed by atoms with Gasteiger partial charge in [0.2, 0.25) is 0 Å². The first kappa shape index (κ1) is 10.7. The van der Waals surface area contributed by atoms with Crippen LogP contribution in [0.5, 0.6) is 0 Å². The standard InChI is InChI=1S/C13H16N2O2/c16-12-2-1-10-7-15(8-11(10)12)13(17)9-3-5-14-6-4-9/h3-6,10-12,16H,1-2,7-8H2. The number of amides is 1. The Morgan fingerprint density at radius 2 is 2.06 bits per heavy atom. The summed E-state index contributed by atoms with van der Waals surface area (Å²) in [5.41, 5.74) is 0.689. The Bertz CT molecular complexity index is 421. The molecule has 1 aliphatic carbocycles. The molecule has 2 aliphatic rings. The van der Waals surface area contributed by atoms with Crippen molar-refractivity contribution in [1.82, 2.24) is 9.88 Å². The average Bonchev–Trinajstić information content (AvgIpc) is 2.92. The molecule has 0 radical (unpaired) electrons. The number of aromatic nitrogens is 1. The van der Waals surface area contributed by atoms with Gasteiger partial charge in [0.05, 0.1) is 6.10 Å². The van der Waals surface area contributed by atoms with Gasteiger partial charge in [-0.1, -0.05) is 0 Å². The molecule has 3 atom stereocenters. The molecule has 3 unspecified atom stereocenters. The molecule has 1 saturated heterocycles. The van der Waals surface area contributed by atoms with Crippen LogP contribution in [0.15, 0.2) is 24.5 Å². The summed E-state index contributed by atoms with van der Waals surface area (Å²) in [7, 11) is 0. The summed E-state index contributed by atoms with van der Waals surface area (Å²) in [6, 6.07) is 3.49. The molecule has 0 spiro atoms. The molecule has 4 nitrogen and oxygen atoms in total. The molecule has 1 aromatic rings. The highest BCUT2D eigenvalue weighted by Gasteiger charge is 2.43. The van der Waals surface area contributed by atoms with E-state index in [0.29, 0.717) is 23.9 Å². The SMILES string of the molecule is O=C(c1ccncc1)N1CC2CCC(O)C2C1. The van der Waals surface area contributed by atoms with Gasteiger partial charge in [0.1, 0.15) is 0 Å². The molecule has 4 heteroatoms. The van der Waals surface area contributed by atoms with Crippen LogP contribution >= 0.6 is 0 Å². The van der Waals surface area contributed by atoms with Crippen molar-refractivity contribution in [3.63, 3.8) is 0 Å². The maximum atomic E-state index is 12.2. The molecule has 2 fully saturated rings. The molecule has 1 saturated carbocycles. The van der Waals surface area contributed by atoms with Crippen LogP contribution in [0, 0.1) is 11.8 Å². The largest absolute Gasteiger partial charge is 0.393 e. The van der Waals surface area contributed by atoms with E-state index in [1.165, 1.54) is 0 Å². The summed E-state index contributed by atoms with van der Waals surface area (Å²) in [4.78, 5) is 18.0. The minimum absolute atomic E-state index is 0.0639. The zero-order valence-electron chi connectivity index (χ0n) is 9.62. The van der Waals surface area contributed by atoms with Gasteiger partial charge in [0.25, 0.3) is 5.91 Å². The zero-order valence-corrected chi connectivity index (χ0v) is 9.62. The van der Waals surface area contributed by atoms with Gasteiger partial charge in [-0.25, -0.2) is 0 Å². The summed E-state index contributed by atoms with van der Waals surface area (Å²) in [5, 5.41) is 9.82. The van der Waals surface area contributed by atoms with Gasteiger partial charge < -0.3 is 10.0 Å². The van der Waals surface area contributed by atoms with E-state index in [1.54, 1.807) is 24.5 Å². The first-order valence-corrected chi connectivity index (χ1v) is 6.13. The lowest BCUT2D eigenvalue weighted by molar-refractivity contribution is 0.0752. The highest BCUT2D eigenvalue weighted by molar-refractivity contribution is 5.94. The third-order valence-electron chi connectivity index (χ3n) is 4.03. The van der Waals surface area contributed by atoms with Crippen LogP contribution in [0.4, 0.5) is 0 Å². The van der Waals surface area contributed by atoms with E-state index < -0.39 is 0 Å². The molecule has 17 heavy (non-hydrogen) atoms. The normalized spacial score (nSPS) is 31.6. The van der Waals surface area contributed by atoms with Crippen LogP contribution in [0.2, 0.25) is 0 Å². The van der Waals surface area contributed by atoms with Crippen molar-refractivity contribution in [2.45, 2.75) is 18.9 Å². The molecule has 1 N–H and O–H groups in total. The summed E-state index contributed by atoms with van der Waals surface area (Å²) < 4.78 is 0. The van der Waals surface area contributed by atoms with Gasteiger partial charge in [0, 0.05) is 37.0 Å². The van der Waals surface area contributed by atoms with Crippen molar-refractivity contribution in [3.8, 4) is 0 Å². The number of aliphatic hydroxyl groups excluding tert-OH is 1. The Morgan fingerprint density at radius 1 is 1.29 bits per heavy atom. The number of hydrogen-bond donors (Lipinski definition) is 1. The second kappa shape index (κ2) is 4.11. The van der Waals surface area contributed by atoms with Crippen LogP contribution in [-0.4, -0.2) is 40.1 Å². The predicted molar refractivity (Wildman–Crippen MR) is 62.4 cm³/mol. The van der Waals surface area contributed by atoms with Crippen molar-refractivity contribution in [3.05, 3.63) is 30.1 Å². The number of likely N-dealkylation sites (tertiary alicyclic amines) is 1. The highest BCUT2D eigenvalue weighted by atomic mass is 16.3. The Balaban J connectivity index is 1.73. The van der Waals surface area contributed by atoms with Crippen molar-refractivity contribution < 1.29 is 9.90 Å². The van der Waals surface area contributed by atoms with Crippen molar-refractivity contribution >= 4 is 5.91 Å². The first-order chi connectivity index (χ1) is 8.25. The van der Waals surface area contributed by atoms with Crippen LogP contribution in [0.25, 0.3) is 0 Å². The summed E-state index contributed by atoms with van der Waals surface area (Å²) in [5.74, 6) is 0.852. The molecule has 1 aromatic heterocycles. The van der Waals surface area contributed by atoms with Crippen molar-refractivity contribution in [2.24, 2.45) is 11.8 Å². The van der Waals surface area contributed by atoms with E-state index in [-0.39, 0.29) is 12.0 Å². The summed E-state index contributed by atoms with van der Waals surface area (Å²) in [6.07, 6.45) is 5.01. The zero-order chi connectivity index (χ0) is 11.8. The number of fused-ring (bicyclic) bond motifs is 1. The van der Waals surface area contributed by atoms with Gasteiger partial charge in [-0.15, -0.1) is 0 Å². The lowest BCUT2D eigenvalue weighted by Crippen LogP contribution is -2.31. The van der Waals surface area contributed by atoms with Gasteiger partial charge in [-0.3, -0.25) is 9.78 Å². The molecular formula is C13H16N2O2. The molecule has 3 rings (SSSR count). The second-order valence-electron chi connectivity index (χ2n) is 5.01. The summed E-state index contributed by atoms with van der Waals surface area (Å²) >= 11 is 0. The number of nitrogens with zero attached hydrogens (tertiary/aromatic N) is 2. The topological polar surface area (TPSA) is 53.4 Å². The van der Waals surface area contributed by atoms with Gasteiger partial charge in [0.15, 0.2) is 0 Å². The van der Waals surface area contributed by atoms with Gasteiger partial charge in [-0.05, 0) is 30.9 Å². The molecule has 2 heterocycles. The number of pyridine rings is 1. The smallest absolute Gasteiger partial charge is 0.253 e. The molecule has 0 aromatic carbocycles. The number of carbonyl (C=O) groups is 1. The van der Waals surface area contributed by atoms with Crippen molar-refractivity contribution in [1.29, 1.82) is 0 Å². The Hall–Kier alpha value is -1.42. The minimum Gasteiger partial charge on any atom is -0.393 e. The minimum atomic E-state index is -0.213. The number of carbonyl (C=O) groups excluding carboxylic acids is 1. The lowest BCUT2D eigenvalue weighted by atomic mass is 10.00. The molecular weight excluding hydrogens is 216 g/mol. The molecule has 90 valence electrons. The highest BCUT2D eigenvalue weighted by Crippen LogP contribution is 2.38. The van der Waals surface area contributed by atoms with E-state index in [2.05, 4.69) is 4.98 Å². The van der Waals surface area contributed by atoms with Crippen molar-refractivity contribution in [2.75, 3.05) is 13.1 Å². The van der Waals surface area contributed by atoms with Gasteiger partial charge >= 0.3 is 0 Å². The van der Waals surface area contributed by atoms with E-state index in [0.717, 1.165) is 19.4 Å². The second-order valence-corrected chi connectivity index (χ2v) is 5.01. The number of hydrogen-bond acceptors (Lipinski definition) is 3. The maximum absolute atomic E-state index is 12.2. The Kier molecular flexibility index (Phi) is 2.59. The lowest BCUT2D eigenvalue weighted by Gasteiger charge is -2.18. The Morgan fingerprint density at radius 3 is 2.76 bits per heavy atom. The maximum Gasteiger partial charge on any atom is 0.253 e. The Labute approximate surface area is 100 Å². The average molecular weight is 232 g/mol. The third kappa shape index (κ3) is 1.82. The van der Waals surface area contributed by atoms with Crippen LogP contribution in [0.3, 0.4) is 0 Å². The van der Waals surface area contributed by atoms with Crippen LogP contribution < -0.4 is 0 Å². The van der Waals surface area contributed by atoms with Gasteiger partial charge in [-0.2, -0.15) is 0 Å². The summed E-state index contributed by atoms with van der Waals surface area (Å²) in [6.45, 7) is 1.50. The first-order valence-electron chi connectivity index (χ1n) is 6.13. The fraction of sp³-hybridized carbons (Fsp3) is 0.538.